The molecule has 18 heavy (non-hydrogen) atoms. The molecule has 0 atom stereocenters. The van der Waals surface area contributed by atoms with Crippen LogP contribution in [0.1, 0.15) is 23.7 Å². The molecule has 0 saturated heterocycles. The maximum absolute atomic E-state index is 11.8. The van der Waals surface area contributed by atoms with Crippen LogP contribution in [0.4, 0.5) is 11.4 Å². The first-order valence-electron chi connectivity index (χ1n) is 6.02. The van der Waals surface area contributed by atoms with Crippen molar-refractivity contribution in [2.45, 2.75) is 13.3 Å². The van der Waals surface area contributed by atoms with Crippen LogP contribution in [0, 0.1) is 0 Å². The predicted molar refractivity (Wildman–Crippen MR) is 76.8 cm³/mol. The lowest BCUT2D eigenvalue weighted by Crippen LogP contribution is -2.21. The minimum Gasteiger partial charge on any atom is -0.397 e. The first-order valence-corrected chi connectivity index (χ1v) is 6.02. The van der Waals surface area contributed by atoms with Crippen molar-refractivity contribution in [1.29, 1.82) is 0 Å². The zero-order chi connectivity index (χ0) is 13.5. The number of nitrogens with two attached hydrogens (primary N) is 1. The van der Waals surface area contributed by atoms with Crippen molar-refractivity contribution in [2.75, 3.05) is 31.7 Å². The molecular formula is C14H21N3O. The van der Waals surface area contributed by atoms with Gasteiger partial charge in [0, 0.05) is 26.2 Å². The van der Waals surface area contributed by atoms with Gasteiger partial charge in [0.2, 0.25) is 0 Å². The maximum Gasteiger partial charge on any atom is 0.253 e. The van der Waals surface area contributed by atoms with Crippen LogP contribution in [-0.4, -0.2) is 31.4 Å². The average Bonchev–Trinajstić information content (AvgIpc) is 2.35. The van der Waals surface area contributed by atoms with Crippen LogP contribution in [0.2, 0.25) is 0 Å². The fourth-order valence-corrected chi connectivity index (χ4v) is 1.56. The van der Waals surface area contributed by atoms with E-state index in [9.17, 15) is 4.79 Å². The summed E-state index contributed by atoms with van der Waals surface area (Å²) >= 11 is 0. The number of nitrogens with zero attached hydrogens (tertiary/aromatic N) is 1. The van der Waals surface area contributed by atoms with Gasteiger partial charge in [-0.3, -0.25) is 4.79 Å². The molecule has 3 N–H and O–H groups in total. The highest BCUT2D eigenvalue weighted by molar-refractivity contribution is 5.95. The molecule has 0 spiro atoms. The average molecular weight is 247 g/mol. The number of carbonyl (C=O) groups excluding carboxylic acids is 1. The molecule has 0 aliphatic rings. The number of nitrogens with one attached hydrogen (secondary N) is 1. The molecule has 0 fully saturated rings. The summed E-state index contributed by atoms with van der Waals surface area (Å²) in [5.41, 5.74) is 7.99. The van der Waals surface area contributed by atoms with Crippen molar-refractivity contribution in [1.82, 2.24) is 4.90 Å². The number of benzene rings is 1. The fraction of sp³-hybridized carbons (Fsp3) is 0.357. The van der Waals surface area contributed by atoms with Crippen molar-refractivity contribution in [3.63, 3.8) is 0 Å². The minimum absolute atomic E-state index is 0.0218. The van der Waals surface area contributed by atoms with Gasteiger partial charge in [-0.15, -0.1) is 0 Å². The van der Waals surface area contributed by atoms with Crippen molar-refractivity contribution in [3.8, 4) is 0 Å². The van der Waals surface area contributed by atoms with E-state index in [4.69, 9.17) is 5.73 Å². The van der Waals surface area contributed by atoms with Crippen LogP contribution in [0.3, 0.4) is 0 Å². The number of allylic oxidation sites excluding steroid dienone is 1. The van der Waals surface area contributed by atoms with Crippen LogP contribution < -0.4 is 11.1 Å². The summed E-state index contributed by atoms with van der Waals surface area (Å²) in [5.74, 6) is -0.0218. The summed E-state index contributed by atoms with van der Waals surface area (Å²) in [6.45, 7) is 2.79. The first-order chi connectivity index (χ1) is 8.56. The lowest BCUT2D eigenvalue weighted by molar-refractivity contribution is 0.0827. The Bertz CT molecular complexity index is 439. The largest absolute Gasteiger partial charge is 0.397 e. The highest BCUT2D eigenvalue weighted by Crippen LogP contribution is 2.20. The highest BCUT2D eigenvalue weighted by Gasteiger charge is 2.09. The molecule has 1 amide bonds. The van der Waals surface area contributed by atoms with E-state index >= 15 is 0 Å². The molecule has 4 heteroatoms. The summed E-state index contributed by atoms with van der Waals surface area (Å²) in [6.07, 6.45) is 5.02. The Labute approximate surface area is 108 Å². The van der Waals surface area contributed by atoms with Gasteiger partial charge in [-0.1, -0.05) is 12.2 Å². The monoisotopic (exact) mass is 247 g/mol. The van der Waals surface area contributed by atoms with Gasteiger partial charge < -0.3 is 16.0 Å². The van der Waals surface area contributed by atoms with Crippen LogP contribution >= 0.6 is 0 Å². The van der Waals surface area contributed by atoms with Gasteiger partial charge >= 0.3 is 0 Å². The number of anilines is 2. The Balaban J connectivity index is 2.78. The topological polar surface area (TPSA) is 58.4 Å². The van der Waals surface area contributed by atoms with Gasteiger partial charge in [-0.2, -0.15) is 0 Å². The third-order valence-electron chi connectivity index (χ3n) is 2.57. The summed E-state index contributed by atoms with van der Waals surface area (Å²) < 4.78 is 0. The second-order valence-corrected chi connectivity index (χ2v) is 4.29. The van der Waals surface area contributed by atoms with E-state index in [1.165, 1.54) is 0 Å². The summed E-state index contributed by atoms with van der Waals surface area (Å²) in [7, 11) is 3.47. The Morgan fingerprint density at radius 2 is 2.17 bits per heavy atom. The molecule has 98 valence electrons. The van der Waals surface area contributed by atoms with Crippen LogP contribution in [-0.2, 0) is 0 Å². The van der Waals surface area contributed by atoms with E-state index in [2.05, 4.69) is 11.4 Å². The summed E-state index contributed by atoms with van der Waals surface area (Å²) in [5, 5.41) is 3.23. The minimum atomic E-state index is -0.0218. The molecule has 0 radical (unpaired) electrons. The molecule has 0 aromatic heterocycles. The molecule has 0 bridgehead atoms. The SMILES string of the molecule is C/C=C/CCNc1cc(C(=O)N(C)C)ccc1N. The third kappa shape index (κ3) is 3.80. The predicted octanol–water partition coefficient (Wildman–Crippen LogP) is 2.35. The number of hydrogen-bond acceptors (Lipinski definition) is 3. The Morgan fingerprint density at radius 1 is 1.44 bits per heavy atom. The Morgan fingerprint density at radius 3 is 2.78 bits per heavy atom. The standard InChI is InChI=1S/C14H21N3O/c1-4-5-6-9-16-13-10-11(7-8-12(13)15)14(18)17(2)3/h4-5,7-8,10,16H,6,9,15H2,1-3H3/b5-4+. The fourth-order valence-electron chi connectivity index (χ4n) is 1.56. The second kappa shape index (κ2) is 6.69. The van der Waals surface area contributed by atoms with E-state index in [-0.39, 0.29) is 5.91 Å². The molecule has 1 aromatic rings. The van der Waals surface area contributed by atoms with Crippen molar-refractivity contribution in [2.24, 2.45) is 0 Å². The second-order valence-electron chi connectivity index (χ2n) is 4.29. The lowest BCUT2D eigenvalue weighted by atomic mass is 10.1. The van der Waals surface area contributed by atoms with E-state index in [0.29, 0.717) is 11.3 Å². The Hall–Kier alpha value is -1.97. The van der Waals surface area contributed by atoms with E-state index in [1.54, 1.807) is 37.2 Å². The molecular weight excluding hydrogens is 226 g/mol. The van der Waals surface area contributed by atoms with Gasteiger partial charge in [-0.05, 0) is 31.5 Å². The summed E-state index contributed by atoms with van der Waals surface area (Å²) in [6, 6.07) is 5.30. The van der Waals surface area contributed by atoms with Crippen molar-refractivity contribution >= 4 is 17.3 Å². The van der Waals surface area contributed by atoms with Crippen molar-refractivity contribution in [3.05, 3.63) is 35.9 Å². The molecule has 0 saturated carbocycles. The quantitative estimate of drug-likeness (QED) is 0.477. The molecule has 0 unspecified atom stereocenters. The molecule has 0 aliphatic heterocycles. The molecule has 0 heterocycles. The first kappa shape index (κ1) is 14.1. The van der Waals surface area contributed by atoms with Gasteiger partial charge in [0.15, 0.2) is 0 Å². The number of rotatable bonds is 5. The zero-order valence-corrected chi connectivity index (χ0v) is 11.2. The number of hydrogen-bond donors (Lipinski definition) is 2. The third-order valence-corrected chi connectivity index (χ3v) is 2.57. The Kier molecular flexibility index (Phi) is 5.24. The van der Waals surface area contributed by atoms with Gasteiger partial charge in [0.25, 0.3) is 5.91 Å². The van der Waals surface area contributed by atoms with Crippen LogP contribution in [0.15, 0.2) is 30.4 Å². The molecule has 1 aromatic carbocycles. The molecule has 1 rings (SSSR count). The van der Waals surface area contributed by atoms with Crippen LogP contribution in [0.5, 0.6) is 0 Å². The smallest absolute Gasteiger partial charge is 0.253 e. The van der Waals surface area contributed by atoms with E-state index in [1.807, 2.05) is 13.0 Å². The number of carbonyl (C=O) groups is 1. The molecule has 4 nitrogen and oxygen atoms in total. The van der Waals surface area contributed by atoms with E-state index < -0.39 is 0 Å². The van der Waals surface area contributed by atoms with Crippen molar-refractivity contribution < 1.29 is 4.79 Å². The normalized spacial score (nSPS) is 10.6. The number of amides is 1. The zero-order valence-electron chi connectivity index (χ0n) is 11.2. The summed E-state index contributed by atoms with van der Waals surface area (Å²) in [4.78, 5) is 13.4. The lowest BCUT2D eigenvalue weighted by Gasteiger charge is -2.13. The van der Waals surface area contributed by atoms with Gasteiger partial charge in [-0.25, -0.2) is 0 Å². The van der Waals surface area contributed by atoms with Gasteiger partial charge in [0.05, 0.1) is 11.4 Å². The van der Waals surface area contributed by atoms with Gasteiger partial charge in [0.1, 0.15) is 0 Å². The number of nitrogen functional groups attached to an aromatic ring is 1. The molecule has 0 aliphatic carbocycles. The van der Waals surface area contributed by atoms with E-state index in [0.717, 1.165) is 18.7 Å². The van der Waals surface area contributed by atoms with Crippen LogP contribution in [0.25, 0.3) is 0 Å². The highest BCUT2D eigenvalue weighted by atomic mass is 16.2. The maximum atomic E-state index is 11.8.